The average molecular weight is 558 g/mol. The number of nitrogens with zero attached hydrogens (tertiary/aromatic N) is 1. The van der Waals surface area contributed by atoms with E-state index < -0.39 is 36.1 Å². The molecule has 1 saturated heterocycles. The topological polar surface area (TPSA) is 125 Å². The number of amides is 3. The van der Waals surface area contributed by atoms with Gasteiger partial charge >= 0.3 is 5.97 Å². The summed E-state index contributed by atoms with van der Waals surface area (Å²) in [5.41, 5.74) is 0.985. The predicted octanol–water partition coefficient (Wildman–Crippen LogP) is 3.90. The van der Waals surface area contributed by atoms with Crippen LogP contribution in [-0.2, 0) is 30.4 Å². The maximum absolute atomic E-state index is 13.6. The van der Waals surface area contributed by atoms with Crippen LogP contribution in [0.15, 0.2) is 42.5 Å². The molecule has 0 bridgehead atoms. The second kappa shape index (κ2) is 14.9. The van der Waals surface area contributed by atoms with Gasteiger partial charge in [-0.2, -0.15) is 11.8 Å². The van der Waals surface area contributed by atoms with Gasteiger partial charge in [0.15, 0.2) is 12.3 Å². The molecule has 3 N–H and O–H groups in total. The molecule has 0 radical (unpaired) electrons. The van der Waals surface area contributed by atoms with Crippen molar-refractivity contribution in [3.05, 3.63) is 48.0 Å². The summed E-state index contributed by atoms with van der Waals surface area (Å²) in [6, 6.07) is 11.9. The molecule has 1 heterocycles. The molecule has 3 amide bonds. The first-order chi connectivity index (χ1) is 18.7. The van der Waals surface area contributed by atoms with E-state index >= 15 is 0 Å². The Morgan fingerprint density at radius 3 is 2.62 bits per heavy atom. The van der Waals surface area contributed by atoms with Crippen molar-refractivity contribution in [1.29, 1.82) is 0 Å². The minimum absolute atomic E-state index is 0.0414. The molecule has 0 saturated carbocycles. The molecule has 1 aliphatic heterocycles. The maximum atomic E-state index is 13.6. The molecule has 1 fully saturated rings. The number of carbonyl (C=O) groups excluding carboxylic acids is 3. The van der Waals surface area contributed by atoms with Gasteiger partial charge in [-0.05, 0) is 59.9 Å². The lowest BCUT2D eigenvalue weighted by molar-refractivity contribution is -0.233. The lowest BCUT2D eigenvalue weighted by atomic mass is 10.0. The first-order valence-corrected chi connectivity index (χ1v) is 14.9. The van der Waals surface area contributed by atoms with E-state index in [1.54, 1.807) is 0 Å². The zero-order valence-electron chi connectivity index (χ0n) is 22.9. The summed E-state index contributed by atoms with van der Waals surface area (Å²) < 4.78 is 0. The number of fused-ring (bicyclic) bond motifs is 1. The fourth-order valence-corrected chi connectivity index (χ4v) is 5.07. The molecule has 1 unspecified atom stereocenters. The molecule has 0 spiro atoms. The Morgan fingerprint density at radius 2 is 1.95 bits per heavy atom. The van der Waals surface area contributed by atoms with Gasteiger partial charge in [0.25, 0.3) is 0 Å². The Labute approximate surface area is 234 Å². The quantitative estimate of drug-likeness (QED) is 0.224. The van der Waals surface area contributed by atoms with Crippen LogP contribution in [0, 0.1) is 5.92 Å². The van der Waals surface area contributed by atoms with E-state index in [0.717, 1.165) is 27.8 Å². The number of rotatable bonds is 15. The highest BCUT2D eigenvalue weighted by molar-refractivity contribution is 7.98. The molecule has 3 rings (SSSR count). The van der Waals surface area contributed by atoms with E-state index in [-0.39, 0.29) is 31.1 Å². The summed E-state index contributed by atoms with van der Waals surface area (Å²) >= 11 is 1.48. The van der Waals surface area contributed by atoms with Gasteiger partial charge in [-0.15, -0.1) is 0 Å². The van der Waals surface area contributed by atoms with E-state index in [2.05, 4.69) is 10.6 Å². The van der Waals surface area contributed by atoms with E-state index in [0.29, 0.717) is 25.0 Å². The number of thioether (sulfide) groups is 1. The summed E-state index contributed by atoms with van der Waals surface area (Å²) in [7, 11) is 0. The highest BCUT2D eigenvalue weighted by atomic mass is 32.2. The fraction of sp³-hybridized carbons (Fsp3) is 0.517. The van der Waals surface area contributed by atoms with E-state index in [9.17, 15) is 24.3 Å². The zero-order valence-corrected chi connectivity index (χ0v) is 23.7. The minimum Gasteiger partial charge on any atom is -0.480 e. The number of carboxylic acid groups (broad SMARTS) is 1. The summed E-state index contributed by atoms with van der Waals surface area (Å²) in [4.78, 5) is 56.5. The lowest BCUT2D eigenvalue weighted by Gasteiger charge is -2.33. The van der Waals surface area contributed by atoms with Gasteiger partial charge < -0.3 is 15.7 Å². The van der Waals surface area contributed by atoms with Crippen LogP contribution >= 0.6 is 11.8 Å². The van der Waals surface area contributed by atoms with E-state index in [1.807, 2.05) is 62.6 Å². The van der Waals surface area contributed by atoms with Crippen LogP contribution in [0.25, 0.3) is 10.8 Å². The maximum Gasteiger partial charge on any atom is 0.329 e. The van der Waals surface area contributed by atoms with Crippen molar-refractivity contribution in [3.63, 3.8) is 0 Å². The van der Waals surface area contributed by atoms with Gasteiger partial charge in [-0.3, -0.25) is 14.4 Å². The van der Waals surface area contributed by atoms with E-state index in [1.165, 1.54) is 11.8 Å². The second-order valence-electron chi connectivity index (χ2n) is 10.0. The number of benzene rings is 2. The SMILES string of the molecule is CC[C@H](C)CC(NC(=O)[C@@H]1CCC(=O)N1)ON(C(=O)CCc1cccc2ccccc12)[C@@H](CCSC)C(=O)O. The minimum atomic E-state index is -1.21. The van der Waals surface area contributed by atoms with Gasteiger partial charge in [0, 0.05) is 12.8 Å². The Bertz CT molecular complexity index is 1150. The van der Waals surface area contributed by atoms with Gasteiger partial charge in [0.2, 0.25) is 17.7 Å². The average Bonchev–Trinajstić information content (AvgIpc) is 3.37. The molecule has 9 nitrogen and oxygen atoms in total. The Kier molecular flexibility index (Phi) is 11.6. The number of carboxylic acids is 1. The molecule has 4 atom stereocenters. The predicted molar refractivity (Wildman–Crippen MR) is 152 cm³/mol. The van der Waals surface area contributed by atoms with Crippen LogP contribution in [0.4, 0.5) is 0 Å². The molecule has 2 aromatic carbocycles. The number of aliphatic carboxylic acids is 1. The van der Waals surface area contributed by atoms with Crippen molar-refractivity contribution in [2.24, 2.45) is 5.92 Å². The second-order valence-corrected chi connectivity index (χ2v) is 11.0. The zero-order chi connectivity index (χ0) is 28.4. The number of nitrogens with one attached hydrogen (secondary N) is 2. The molecule has 0 aliphatic carbocycles. The van der Waals surface area contributed by atoms with Crippen molar-refractivity contribution in [2.75, 3.05) is 12.0 Å². The van der Waals surface area contributed by atoms with Crippen molar-refractivity contribution in [3.8, 4) is 0 Å². The van der Waals surface area contributed by atoms with Crippen LogP contribution < -0.4 is 10.6 Å². The van der Waals surface area contributed by atoms with Gasteiger partial charge in [-0.25, -0.2) is 14.7 Å². The molecule has 212 valence electrons. The normalized spacial score (nSPS) is 17.3. The summed E-state index contributed by atoms with van der Waals surface area (Å²) in [6.07, 6.45) is 3.41. The third kappa shape index (κ3) is 8.69. The Balaban J connectivity index is 1.83. The molecule has 1 aliphatic rings. The number of hydrogen-bond acceptors (Lipinski definition) is 6. The van der Waals surface area contributed by atoms with E-state index in [4.69, 9.17) is 4.84 Å². The van der Waals surface area contributed by atoms with Crippen molar-refractivity contribution >= 4 is 46.2 Å². The summed E-state index contributed by atoms with van der Waals surface area (Å²) in [5, 5.41) is 18.6. The Hall–Kier alpha value is -3.11. The highest BCUT2D eigenvalue weighted by Gasteiger charge is 2.35. The highest BCUT2D eigenvalue weighted by Crippen LogP contribution is 2.22. The first-order valence-electron chi connectivity index (χ1n) is 13.5. The summed E-state index contributed by atoms with van der Waals surface area (Å²) in [6.45, 7) is 4.00. The molecule has 0 aromatic heterocycles. The molecular weight excluding hydrogens is 518 g/mol. The third-order valence-electron chi connectivity index (χ3n) is 7.07. The van der Waals surface area contributed by atoms with Crippen LogP contribution in [0.3, 0.4) is 0 Å². The third-order valence-corrected chi connectivity index (χ3v) is 7.71. The number of hydrogen-bond donors (Lipinski definition) is 3. The smallest absolute Gasteiger partial charge is 0.329 e. The van der Waals surface area contributed by atoms with Crippen LogP contribution in [0.5, 0.6) is 0 Å². The standard InChI is InChI=1S/C29H39N3O6S/c1-4-19(2)18-26(31-28(35)23-13-14-25(33)30-23)38-32(24(29(36)37)16-17-39-3)27(34)15-12-21-10-7-9-20-8-5-6-11-22(20)21/h5-11,19,23-24,26H,4,12-18H2,1-3H3,(H,30,33)(H,31,35)(H,36,37)/t19-,23-,24-,26?/m0/s1. The number of carbonyl (C=O) groups is 4. The largest absolute Gasteiger partial charge is 0.480 e. The van der Waals surface area contributed by atoms with Gasteiger partial charge in [-0.1, -0.05) is 62.7 Å². The van der Waals surface area contributed by atoms with Crippen LogP contribution in [-0.4, -0.2) is 64.2 Å². The fourth-order valence-electron chi connectivity index (χ4n) is 4.61. The first kappa shape index (κ1) is 30.4. The van der Waals surface area contributed by atoms with Crippen molar-refractivity contribution in [1.82, 2.24) is 15.7 Å². The van der Waals surface area contributed by atoms with Gasteiger partial charge in [0.05, 0.1) is 0 Å². The number of aryl methyl sites for hydroxylation is 1. The lowest BCUT2D eigenvalue weighted by Crippen LogP contribution is -2.53. The molecule has 2 aromatic rings. The van der Waals surface area contributed by atoms with Crippen LogP contribution in [0.2, 0.25) is 0 Å². The monoisotopic (exact) mass is 557 g/mol. The van der Waals surface area contributed by atoms with Gasteiger partial charge in [0.1, 0.15) is 6.04 Å². The number of hydroxylamine groups is 2. The van der Waals surface area contributed by atoms with Crippen molar-refractivity contribution < 1.29 is 29.1 Å². The van der Waals surface area contributed by atoms with Crippen molar-refractivity contribution in [2.45, 2.75) is 77.1 Å². The summed E-state index contributed by atoms with van der Waals surface area (Å²) in [5.74, 6) is -1.58. The Morgan fingerprint density at radius 1 is 1.21 bits per heavy atom. The van der Waals surface area contributed by atoms with Crippen LogP contribution in [0.1, 0.15) is 57.9 Å². The molecular formula is C29H39N3O6S. The molecule has 10 heteroatoms. The molecule has 39 heavy (non-hydrogen) atoms.